The molecule has 0 N–H and O–H groups in total. The van der Waals surface area contributed by atoms with Crippen LogP contribution >= 0.6 is 0 Å². The van der Waals surface area contributed by atoms with Gasteiger partial charge in [0.05, 0.1) is 20.6 Å². The molecular formula is C32H67NO. The van der Waals surface area contributed by atoms with Crippen molar-refractivity contribution in [1.82, 2.24) is 0 Å². The zero-order valence-corrected chi connectivity index (χ0v) is 24.5. The maximum atomic E-state index is 12.3. The smallest absolute Gasteiger partial charge is 0.0808 e. The monoisotopic (exact) mass is 482 g/mol. The molecule has 206 valence electrons. The summed E-state index contributed by atoms with van der Waals surface area (Å²) in [6.45, 7) is 5.40. The van der Waals surface area contributed by atoms with E-state index in [4.69, 9.17) is 0 Å². The fraction of sp³-hybridized carbons (Fsp3) is 1.00. The van der Waals surface area contributed by atoms with Crippen LogP contribution in [-0.4, -0.2) is 25.3 Å². The predicted octanol–water partition coefficient (Wildman–Crippen LogP) is 11.4. The standard InChI is InChI=1S/C32H67NO/c1-5-7-9-11-13-15-16-17-18-19-20-21-22-24-26-28-30-32(31-33(3,4)34)29-27-25-23-14-12-10-8-6-2/h32H,5-31H2,1-4H3. The molecule has 0 spiro atoms. The van der Waals surface area contributed by atoms with E-state index in [2.05, 4.69) is 13.8 Å². The van der Waals surface area contributed by atoms with Crippen LogP contribution in [0.4, 0.5) is 0 Å². The van der Waals surface area contributed by atoms with E-state index in [9.17, 15) is 5.21 Å². The second-order valence-corrected chi connectivity index (χ2v) is 12.0. The minimum Gasteiger partial charge on any atom is -0.633 e. The van der Waals surface area contributed by atoms with E-state index < -0.39 is 0 Å². The Hall–Kier alpha value is -0.0800. The molecule has 0 rings (SSSR count). The Bertz CT molecular complexity index is 376. The molecule has 1 atom stereocenters. The number of hydrogen-bond donors (Lipinski definition) is 0. The third-order valence-electron chi connectivity index (χ3n) is 7.63. The third-order valence-corrected chi connectivity index (χ3v) is 7.63. The molecule has 0 aliphatic carbocycles. The molecule has 0 aromatic carbocycles. The van der Waals surface area contributed by atoms with Crippen molar-refractivity contribution in [1.29, 1.82) is 0 Å². The van der Waals surface area contributed by atoms with Crippen molar-refractivity contribution < 1.29 is 4.65 Å². The summed E-state index contributed by atoms with van der Waals surface area (Å²) >= 11 is 0. The van der Waals surface area contributed by atoms with Gasteiger partial charge in [0.25, 0.3) is 0 Å². The lowest BCUT2D eigenvalue weighted by molar-refractivity contribution is -0.843. The molecular weight excluding hydrogens is 414 g/mol. The van der Waals surface area contributed by atoms with E-state index >= 15 is 0 Å². The summed E-state index contributed by atoms with van der Waals surface area (Å²) in [5.41, 5.74) is 0. The Morgan fingerprint density at radius 2 is 0.647 bits per heavy atom. The number of hydrogen-bond acceptors (Lipinski definition) is 1. The van der Waals surface area contributed by atoms with Crippen LogP contribution in [0.2, 0.25) is 0 Å². The molecule has 0 aromatic heterocycles. The van der Waals surface area contributed by atoms with Gasteiger partial charge in [-0.05, 0) is 12.8 Å². The molecule has 2 heteroatoms. The van der Waals surface area contributed by atoms with Gasteiger partial charge in [-0.1, -0.05) is 168 Å². The number of unbranched alkanes of at least 4 members (excludes halogenated alkanes) is 22. The zero-order chi connectivity index (χ0) is 25.2. The van der Waals surface area contributed by atoms with Crippen LogP contribution in [0.1, 0.15) is 181 Å². The first kappa shape index (κ1) is 33.9. The first-order valence-electron chi connectivity index (χ1n) is 16.0. The zero-order valence-electron chi connectivity index (χ0n) is 24.5. The van der Waals surface area contributed by atoms with Crippen LogP contribution in [-0.2, 0) is 0 Å². The summed E-state index contributed by atoms with van der Waals surface area (Å²) in [5, 5.41) is 12.3. The minimum absolute atomic E-state index is 0.111. The first-order valence-corrected chi connectivity index (χ1v) is 16.0. The Morgan fingerprint density at radius 1 is 0.412 bits per heavy atom. The normalized spacial score (nSPS) is 13.0. The van der Waals surface area contributed by atoms with Crippen LogP contribution in [0.3, 0.4) is 0 Å². The summed E-state index contributed by atoms with van der Waals surface area (Å²) in [5.74, 6) is 0.638. The van der Waals surface area contributed by atoms with Crippen molar-refractivity contribution in [2.45, 2.75) is 181 Å². The van der Waals surface area contributed by atoms with Crippen LogP contribution < -0.4 is 0 Å². The molecule has 0 aliphatic heterocycles. The van der Waals surface area contributed by atoms with Gasteiger partial charge in [0.2, 0.25) is 0 Å². The van der Waals surface area contributed by atoms with E-state index in [-0.39, 0.29) is 4.65 Å². The quantitative estimate of drug-likeness (QED) is 0.0618. The van der Waals surface area contributed by atoms with Crippen molar-refractivity contribution in [3.63, 3.8) is 0 Å². The molecule has 0 heterocycles. The lowest BCUT2D eigenvalue weighted by atomic mass is 9.93. The number of nitrogens with zero attached hydrogens (tertiary/aromatic N) is 1. The Morgan fingerprint density at radius 3 is 0.882 bits per heavy atom. The fourth-order valence-electron chi connectivity index (χ4n) is 5.50. The Balaban J connectivity index is 3.57. The lowest BCUT2D eigenvalue weighted by Gasteiger charge is -2.37. The second kappa shape index (κ2) is 26.0. The minimum atomic E-state index is -0.111. The molecule has 34 heavy (non-hydrogen) atoms. The van der Waals surface area contributed by atoms with Crippen molar-refractivity contribution >= 4 is 0 Å². The fourth-order valence-corrected chi connectivity index (χ4v) is 5.50. The molecule has 1 unspecified atom stereocenters. The van der Waals surface area contributed by atoms with Crippen molar-refractivity contribution in [2.24, 2.45) is 5.92 Å². The van der Waals surface area contributed by atoms with Crippen LogP contribution in [0.5, 0.6) is 0 Å². The highest BCUT2D eigenvalue weighted by Crippen LogP contribution is 2.22. The van der Waals surface area contributed by atoms with E-state index in [0.29, 0.717) is 5.92 Å². The van der Waals surface area contributed by atoms with Crippen LogP contribution in [0.25, 0.3) is 0 Å². The molecule has 0 saturated heterocycles. The molecule has 0 bridgehead atoms. The van der Waals surface area contributed by atoms with Gasteiger partial charge in [-0.25, -0.2) is 0 Å². The van der Waals surface area contributed by atoms with E-state index in [1.54, 1.807) is 0 Å². The van der Waals surface area contributed by atoms with Crippen LogP contribution in [0.15, 0.2) is 0 Å². The topological polar surface area (TPSA) is 23.1 Å². The third kappa shape index (κ3) is 28.2. The summed E-state index contributed by atoms with van der Waals surface area (Å²) < 4.78 is -0.111. The summed E-state index contributed by atoms with van der Waals surface area (Å²) in [6, 6.07) is 0. The van der Waals surface area contributed by atoms with Gasteiger partial charge in [-0.15, -0.1) is 0 Å². The van der Waals surface area contributed by atoms with E-state index in [1.807, 2.05) is 14.1 Å². The predicted molar refractivity (Wildman–Crippen MR) is 155 cm³/mol. The second-order valence-electron chi connectivity index (χ2n) is 12.0. The maximum absolute atomic E-state index is 12.3. The van der Waals surface area contributed by atoms with Crippen molar-refractivity contribution in [2.75, 3.05) is 20.6 Å². The number of quaternary nitrogens is 1. The SMILES string of the molecule is CCCCCCCCCCCCCCCCCCC(CCCCCCCCCC)C[N+](C)(C)[O-]. The average Bonchev–Trinajstić information content (AvgIpc) is 2.79. The van der Waals surface area contributed by atoms with Gasteiger partial charge in [-0.2, -0.15) is 0 Å². The lowest BCUT2D eigenvalue weighted by Crippen LogP contribution is -2.37. The largest absolute Gasteiger partial charge is 0.633 e. The van der Waals surface area contributed by atoms with Gasteiger partial charge in [0.15, 0.2) is 0 Å². The van der Waals surface area contributed by atoms with Gasteiger partial charge >= 0.3 is 0 Å². The highest BCUT2D eigenvalue weighted by atomic mass is 16.5. The highest BCUT2D eigenvalue weighted by Gasteiger charge is 2.15. The number of hydroxylamine groups is 3. The summed E-state index contributed by atoms with van der Waals surface area (Å²) in [6.07, 6.45) is 36.5. The van der Waals surface area contributed by atoms with Gasteiger partial charge in [0, 0.05) is 5.92 Å². The van der Waals surface area contributed by atoms with Gasteiger partial charge < -0.3 is 9.85 Å². The molecule has 0 aromatic rings. The Kier molecular flexibility index (Phi) is 25.9. The molecule has 0 fully saturated rings. The van der Waals surface area contributed by atoms with Crippen LogP contribution in [0, 0.1) is 11.1 Å². The summed E-state index contributed by atoms with van der Waals surface area (Å²) in [4.78, 5) is 0. The number of rotatable bonds is 28. The molecule has 0 amide bonds. The summed E-state index contributed by atoms with van der Waals surface area (Å²) in [7, 11) is 3.66. The molecule has 0 aliphatic rings. The molecule has 0 saturated carbocycles. The van der Waals surface area contributed by atoms with E-state index in [1.165, 1.54) is 167 Å². The van der Waals surface area contributed by atoms with Crippen molar-refractivity contribution in [3.05, 3.63) is 5.21 Å². The molecule has 0 radical (unpaired) electrons. The Labute approximate surface area is 217 Å². The van der Waals surface area contributed by atoms with Gasteiger partial charge in [-0.3, -0.25) is 0 Å². The molecule has 2 nitrogen and oxygen atoms in total. The van der Waals surface area contributed by atoms with Crippen molar-refractivity contribution in [3.8, 4) is 0 Å². The van der Waals surface area contributed by atoms with E-state index in [0.717, 1.165) is 6.54 Å². The van der Waals surface area contributed by atoms with Gasteiger partial charge in [0.1, 0.15) is 0 Å². The first-order chi connectivity index (χ1) is 16.5. The maximum Gasteiger partial charge on any atom is 0.0808 e. The average molecular weight is 482 g/mol. The highest BCUT2D eigenvalue weighted by molar-refractivity contribution is 4.61.